The molecule has 32 heavy (non-hydrogen) atoms. The SMILES string of the molecule is COC(=O)[C@H](Cc1ccccc1)NC(=O)C1CCN(S(=O)(=O)c2ccc(C)c(C)c2)CC1. The normalized spacial score (nSPS) is 16.3. The minimum Gasteiger partial charge on any atom is -0.467 e. The Morgan fingerprint density at radius 1 is 1.06 bits per heavy atom. The van der Waals surface area contributed by atoms with E-state index in [1.54, 1.807) is 12.1 Å². The highest BCUT2D eigenvalue weighted by Gasteiger charge is 2.33. The topological polar surface area (TPSA) is 92.8 Å². The number of carbonyl (C=O) groups excluding carboxylic acids is 2. The third-order valence-electron chi connectivity index (χ3n) is 6.03. The number of amides is 1. The van der Waals surface area contributed by atoms with Gasteiger partial charge in [0.15, 0.2) is 0 Å². The first kappa shape index (κ1) is 23.9. The molecular formula is C24H30N2O5S. The number of carbonyl (C=O) groups is 2. The summed E-state index contributed by atoms with van der Waals surface area (Å²) in [6.07, 6.45) is 1.13. The minimum atomic E-state index is -3.60. The molecule has 1 aliphatic rings. The third kappa shape index (κ3) is 5.55. The molecule has 2 aromatic carbocycles. The summed E-state index contributed by atoms with van der Waals surface area (Å²) in [4.78, 5) is 25.3. The van der Waals surface area contributed by atoms with Crippen molar-refractivity contribution in [2.24, 2.45) is 5.92 Å². The Balaban J connectivity index is 1.62. The second kappa shape index (κ2) is 10.3. The van der Waals surface area contributed by atoms with E-state index in [1.807, 2.05) is 50.2 Å². The number of benzene rings is 2. The Labute approximate surface area is 189 Å². The molecule has 172 valence electrons. The van der Waals surface area contributed by atoms with Crippen LogP contribution in [0.5, 0.6) is 0 Å². The van der Waals surface area contributed by atoms with Gasteiger partial charge < -0.3 is 10.1 Å². The number of hydrogen-bond donors (Lipinski definition) is 1. The van der Waals surface area contributed by atoms with E-state index in [9.17, 15) is 18.0 Å². The fourth-order valence-corrected chi connectivity index (χ4v) is 5.41. The largest absolute Gasteiger partial charge is 0.467 e. The Bertz CT molecular complexity index is 1060. The fourth-order valence-electron chi connectivity index (χ4n) is 3.86. The van der Waals surface area contributed by atoms with Gasteiger partial charge >= 0.3 is 5.97 Å². The summed E-state index contributed by atoms with van der Waals surface area (Å²) in [5, 5.41) is 2.80. The number of hydrogen-bond acceptors (Lipinski definition) is 5. The monoisotopic (exact) mass is 458 g/mol. The van der Waals surface area contributed by atoms with Crippen molar-refractivity contribution in [3.8, 4) is 0 Å². The highest BCUT2D eigenvalue weighted by atomic mass is 32.2. The number of methoxy groups -OCH3 is 1. The van der Waals surface area contributed by atoms with Crippen LogP contribution in [0.4, 0.5) is 0 Å². The van der Waals surface area contributed by atoms with E-state index in [2.05, 4.69) is 5.32 Å². The molecule has 3 rings (SSSR count). The summed E-state index contributed by atoms with van der Waals surface area (Å²) in [5.41, 5.74) is 2.88. The van der Waals surface area contributed by atoms with Crippen molar-refractivity contribution in [1.29, 1.82) is 0 Å². The molecule has 1 aliphatic heterocycles. The molecule has 1 N–H and O–H groups in total. The summed E-state index contributed by atoms with van der Waals surface area (Å²) in [6.45, 7) is 4.34. The van der Waals surface area contributed by atoms with Gasteiger partial charge in [0.05, 0.1) is 12.0 Å². The van der Waals surface area contributed by atoms with Gasteiger partial charge in [0.25, 0.3) is 0 Å². The maximum Gasteiger partial charge on any atom is 0.328 e. The maximum atomic E-state index is 13.0. The molecule has 0 saturated carbocycles. The molecule has 0 aliphatic carbocycles. The van der Waals surface area contributed by atoms with Crippen LogP contribution in [-0.4, -0.2) is 50.8 Å². The zero-order valence-electron chi connectivity index (χ0n) is 18.7. The van der Waals surface area contributed by atoms with Crippen LogP contribution >= 0.6 is 0 Å². The van der Waals surface area contributed by atoms with Crippen LogP contribution in [0.2, 0.25) is 0 Å². The van der Waals surface area contributed by atoms with E-state index in [0.717, 1.165) is 16.7 Å². The second-order valence-electron chi connectivity index (χ2n) is 8.20. The van der Waals surface area contributed by atoms with Gasteiger partial charge in [-0.1, -0.05) is 36.4 Å². The average molecular weight is 459 g/mol. The fraction of sp³-hybridized carbons (Fsp3) is 0.417. The molecule has 0 spiro atoms. The summed E-state index contributed by atoms with van der Waals surface area (Å²) in [7, 11) is -2.31. The first-order valence-electron chi connectivity index (χ1n) is 10.7. The third-order valence-corrected chi connectivity index (χ3v) is 7.92. The predicted octanol–water partition coefficient (Wildman–Crippen LogP) is 2.60. The number of esters is 1. The van der Waals surface area contributed by atoms with Crippen LogP contribution in [0, 0.1) is 19.8 Å². The first-order valence-corrected chi connectivity index (χ1v) is 12.2. The summed E-state index contributed by atoms with van der Waals surface area (Å²) < 4.78 is 32.3. The number of rotatable bonds is 7. The van der Waals surface area contributed by atoms with Crippen molar-refractivity contribution < 1.29 is 22.7 Å². The van der Waals surface area contributed by atoms with Crippen molar-refractivity contribution in [3.63, 3.8) is 0 Å². The Morgan fingerprint density at radius 3 is 2.31 bits per heavy atom. The van der Waals surface area contributed by atoms with Crippen LogP contribution in [0.25, 0.3) is 0 Å². The molecule has 1 saturated heterocycles. The van der Waals surface area contributed by atoms with E-state index in [4.69, 9.17) is 4.74 Å². The molecule has 1 heterocycles. The Kier molecular flexibility index (Phi) is 7.69. The van der Waals surface area contributed by atoms with Gasteiger partial charge in [-0.2, -0.15) is 4.31 Å². The minimum absolute atomic E-state index is 0.250. The second-order valence-corrected chi connectivity index (χ2v) is 10.1. The average Bonchev–Trinajstić information content (AvgIpc) is 2.80. The molecule has 0 bridgehead atoms. The molecule has 8 heteroatoms. The van der Waals surface area contributed by atoms with Gasteiger partial charge in [-0.05, 0) is 55.5 Å². The lowest BCUT2D eigenvalue weighted by atomic mass is 9.96. The van der Waals surface area contributed by atoms with E-state index < -0.39 is 22.0 Å². The summed E-state index contributed by atoms with van der Waals surface area (Å²) in [5.74, 6) is -1.11. The van der Waals surface area contributed by atoms with Gasteiger partial charge in [-0.25, -0.2) is 13.2 Å². The lowest BCUT2D eigenvalue weighted by Gasteiger charge is -2.31. The van der Waals surface area contributed by atoms with Gasteiger partial charge in [0, 0.05) is 25.4 Å². The standard InChI is InChI=1S/C24H30N2O5S/c1-17-9-10-21(15-18(17)2)32(29,30)26-13-11-20(12-14-26)23(27)25-22(24(28)31-3)16-19-7-5-4-6-8-19/h4-10,15,20,22H,11-14,16H2,1-3H3,(H,25,27)/t22-/m0/s1. The first-order chi connectivity index (χ1) is 15.2. The van der Waals surface area contributed by atoms with Crippen molar-refractivity contribution in [1.82, 2.24) is 9.62 Å². The van der Waals surface area contributed by atoms with Crippen molar-refractivity contribution in [3.05, 3.63) is 65.2 Å². The van der Waals surface area contributed by atoms with Gasteiger partial charge in [-0.3, -0.25) is 4.79 Å². The van der Waals surface area contributed by atoms with E-state index in [0.29, 0.717) is 19.3 Å². The Hall–Kier alpha value is -2.71. The van der Waals surface area contributed by atoms with Crippen molar-refractivity contribution >= 4 is 21.9 Å². The molecule has 1 fully saturated rings. The molecule has 0 unspecified atom stereocenters. The highest BCUT2D eigenvalue weighted by molar-refractivity contribution is 7.89. The molecular weight excluding hydrogens is 428 g/mol. The van der Waals surface area contributed by atoms with Gasteiger partial charge in [0.2, 0.25) is 15.9 Å². The van der Waals surface area contributed by atoms with E-state index in [1.165, 1.54) is 11.4 Å². The zero-order chi connectivity index (χ0) is 23.3. The molecule has 1 atom stereocenters. The molecule has 1 amide bonds. The number of ether oxygens (including phenoxy) is 1. The van der Waals surface area contributed by atoms with Gasteiger partial charge in [0.1, 0.15) is 6.04 Å². The number of sulfonamides is 1. The molecule has 0 radical (unpaired) electrons. The zero-order valence-corrected chi connectivity index (χ0v) is 19.5. The van der Waals surface area contributed by atoms with E-state index >= 15 is 0 Å². The molecule has 2 aromatic rings. The molecule has 0 aromatic heterocycles. The number of piperidine rings is 1. The van der Waals surface area contributed by atoms with Crippen LogP contribution in [0.15, 0.2) is 53.4 Å². The van der Waals surface area contributed by atoms with Crippen molar-refractivity contribution in [2.75, 3.05) is 20.2 Å². The number of nitrogens with one attached hydrogen (secondary N) is 1. The van der Waals surface area contributed by atoms with Gasteiger partial charge in [-0.15, -0.1) is 0 Å². The quantitative estimate of drug-likeness (QED) is 0.644. The highest BCUT2D eigenvalue weighted by Crippen LogP contribution is 2.25. The number of aryl methyl sites for hydroxylation is 2. The summed E-state index contributed by atoms with van der Waals surface area (Å²) in [6, 6.07) is 13.7. The van der Waals surface area contributed by atoms with Crippen LogP contribution < -0.4 is 5.32 Å². The lowest BCUT2D eigenvalue weighted by molar-refractivity contribution is -0.145. The molecule has 7 nitrogen and oxygen atoms in total. The summed E-state index contributed by atoms with van der Waals surface area (Å²) >= 11 is 0. The maximum absolute atomic E-state index is 13.0. The smallest absolute Gasteiger partial charge is 0.328 e. The number of nitrogens with zero attached hydrogens (tertiary/aromatic N) is 1. The van der Waals surface area contributed by atoms with Crippen LogP contribution in [-0.2, 0) is 30.8 Å². The van der Waals surface area contributed by atoms with Crippen LogP contribution in [0.3, 0.4) is 0 Å². The lowest BCUT2D eigenvalue weighted by Crippen LogP contribution is -2.48. The van der Waals surface area contributed by atoms with Crippen molar-refractivity contribution in [2.45, 2.75) is 44.0 Å². The van der Waals surface area contributed by atoms with E-state index in [-0.39, 0.29) is 29.8 Å². The Morgan fingerprint density at radius 2 is 1.72 bits per heavy atom. The predicted molar refractivity (Wildman–Crippen MR) is 121 cm³/mol. The van der Waals surface area contributed by atoms with Crippen LogP contribution in [0.1, 0.15) is 29.5 Å².